The fraction of sp³-hybridized carbons (Fsp3) is 0.259. The fourth-order valence-electron chi connectivity index (χ4n) is 3.81. The highest BCUT2D eigenvalue weighted by molar-refractivity contribution is 5.85. The first-order valence-electron chi connectivity index (χ1n) is 11.3. The van der Waals surface area contributed by atoms with Gasteiger partial charge in [-0.15, -0.1) is 0 Å². The van der Waals surface area contributed by atoms with Crippen LogP contribution in [0.5, 0.6) is 17.4 Å². The molecule has 0 bridgehead atoms. The quantitative estimate of drug-likeness (QED) is 0.303. The van der Waals surface area contributed by atoms with E-state index in [1.807, 2.05) is 13.8 Å². The Morgan fingerprint density at radius 3 is 2.50 bits per heavy atom. The normalized spacial score (nSPS) is 12.7. The Labute approximate surface area is 204 Å². The van der Waals surface area contributed by atoms with Crippen LogP contribution in [-0.2, 0) is 12.8 Å². The molecular weight excluding hydrogens is 475 g/mol. The number of fused-ring (bicyclic) bond motifs is 1. The van der Waals surface area contributed by atoms with Crippen molar-refractivity contribution in [1.82, 2.24) is 4.98 Å². The zero-order chi connectivity index (χ0) is 26.0. The maximum absolute atomic E-state index is 13.5. The third-order valence-corrected chi connectivity index (χ3v) is 5.61. The number of aliphatic hydroxyl groups is 1. The molecule has 0 radical (unpaired) electrons. The number of ether oxygens (including phenoxy) is 2. The van der Waals surface area contributed by atoms with Gasteiger partial charge in [-0.05, 0) is 30.2 Å². The second-order valence-electron chi connectivity index (χ2n) is 8.54. The van der Waals surface area contributed by atoms with Gasteiger partial charge in [0.25, 0.3) is 0 Å². The molecule has 2 aromatic heterocycles. The summed E-state index contributed by atoms with van der Waals surface area (Å²) < 4.78 is 58.0. The summed E-state index contributed by atoms with van der Waals surface area (Å²) in [4.78, 5) is 16.8. The second kappa shape index (κ2) is 10.0. The van der Waals surface area contributed by atoms with Gasteiger partial charge in [-0.1, -0.05) is 38.1 Å². The van der Waals surface area contributed by atoms with Crippen molar-refractivity contribution in [3.05, 3.63) is 93.5 Å². The van der Waals surface area contributed by atoms with Gasteiger partial charge < -0.3 is 19.0 Å². The van der Waals surface area contributed by atoms with Crippen LogP contribution in [0.1, 0.15) is 55.2 Å². The standard InChI is InChI=1S/C27H24F3NO5/c1-15(2)22-13-21(33)25-23(34-16(3)19-8-5-4-7-17(19)14-32)11-18(12-24(25)36-22)35-26-20(27(28,29)30)9-6-10-31-26/h4-13,15-16,32H,14H2,1-3H3. The fourth-order valence-corrected chi connectivity index (χ4v) is 3.81. The van der Waals surface area contributed by atoms with Gasteiger partial charge in [0, 0.05) is 30.3 Å². The number of rotatable bonds is 7. The summed E-state index contributed by atoms with van der Waals surface area (Å²) in [6.07, 6.45) is -4.11. The van der Waals surface area contributed by atoms with Crippen LogP contribution >= 0.6 is 0 Å². The van der Waals surface area contributed by atoms with Crippen LogP contribution in [0.4, 0.5) is 13.2 Å². The van der Waals surface area contributed by atoms with E-state index >= 15 is 0 Å². The number of aromatic nitrogens is 1. The predicted octanol–water partition coefficient (Wildman–Crippen LogP) is 6.75. The number of aliphatic hydroxyl groups excluding tert-OH is 1. The Morgan fingerprint density at radius 1 is 1.06 bits per heavy atom. The molecule has 2 heterocycles. The molecule has 1 N–H and O–H groups in total. The zero-order valence-electron chi connectivity index (χ0n) is 19.8. The molecule has 0 saturated heterocycles. The molecule has 9 heteroatoms. The van der Waals surface area contributed by atoms with Crippen molar-refractivity contribution >= 4 is 11.0 Å². The molecule has 0 amide bonds. The van der Waals surface area contributed by atoms with Crippen LogP contribution in [-0.4, -0.2) is 10.1 Å². The lowest BCUT2D eigenvalue weighted by Gasteiger charge is -2.20. The van der Waals surface area contributed by atoms with Gasteiger partial charge in [-0.2, -0.15) is 13.2 Å². The van der Waals surface area contributed by atoms with Gasteiger partial charge in [-0.25, -0.2) is 4.98 Å². The maximum atomic E-state index is 13.5. The average Bonchev–Trinajstić information content (AvgIpc) is 2.83. The van der Waals surface area contributed by atoms with E-state index in [-0.39, 0.29) is 40.4 Å². The van der Waals surface area contributed by atoms with E-state index in [0.29, 0.717) is 16.9 Å². The van der Waals surface area contributed by atoms with Crippen LogP contribution in [0.25, 0.3) is 11.0 Å². The van der Waals surface area contributed by atoms with Crippen molar-refractivity contribution in [2.24, 2.45) is 0 Å². The molecular formula is C27H24F3NO5. The first-order chi connectivity index (χ1) is 17.1. The van der Waals surface area contributed by atoms with E-state index in [2.05, 4.69) is 4.98 Å². The van der Waals surface area contributed by atoms with Gasteiger partial charge in [-0.3, -0.25) is 4.79 Å². The van der Waals surface area contributed by atoms with Gasteiger partial charge in [0.1, 0.15) is 39.9 Å². The first-order valence-corrected chi connectivity index (χ1v) is 11.3. The minimum Gasteiger partial charge on any atom is -0.485 e. The molecule has 1 unspecified atom stereocenters. The largest absolute Gasteiger partial charge is 0.485 e. The van der Waals surface area contributed by atoms with E-state index in [9.17, 15) is 23.1 Å². The third-order valence-electron chi connectivity index (χ3n) is 5.61. The molecule has 4 rings (SSSR count). The van der Waals surface area contributed by atoms with Crippen molar-refractivity contribution < 1.29 is 32.2 Å². The molecule has 4 aromatic rings. The molecule has 0 spiro atoms. The Balaban J connectivity index is 1.85. The minimum atomic E-state index is -4.68. The number of benzene rings is 2. The second-order valence-corrected chi connectivity index (χ2v) is 8.54. The Hall–Kier alpha value is -3.85. The molecule has 1 atom stereocenters. The SMILES string of the molecule is CC(C)c1cc(=O)c2c(OC(C)c3ccccc3CO)cc(Oc3ncccc3C(F)(F)F)cc2o1. The molecule has 188 valence electrons. The highest BCUT2D eigenvalue weighted by Crippen LogP contribution is 2.39. The summed E-state index contributed by atoms with van der Waals surface area (Å²) in [7, 11) is 0. The number of nitrogens with zero attached hydrogens (tertiary/aromatic N) is 1. The Morgan fingerprint density at radius 2 is 1.81 bits per heavy atom. The van der Waals surface area contributed by atoms with Crippen LogP contribution in [0.3, 0.4) is 0 Å². The van der Waals surface area contributed by atoms with Crippen molar-refractivity contribution in [1.29, 1.82) is 0 Å². The number of halogens is 3. The summed E-state index contributed by atoms with van der Waals surface area (Å²) in [5.74, 6) is -0.330. The Bertz CT molecular complexity index is 1450. The summed E-state index contributed by atoms with van der Waals surface area (Å²) in [6, 6.07) is 13.2. The number of alkyl halides is 3. The highest BCUT2D eigenvalue weighted by atomic mass is 19.4. The lowest BCUT2D eigenvalue weighted by atomic mass is 10.0. The summed E-state index contributed by atoms with van der Waals surface area (Å²) in [6.45, 7) is 5.21. The molecule has 2 aromatic carbocycles. The van der Waals surface area contributed by atoms with Crippen molar-refractivity contribution in [3.63, 3.8) is 0 Å². The zero-order valence-corrected chi connectivity index (χ0v) is 19.8. The average molecular weight is 499 g/mol. The van der Waals surface area contributed by atoms with Gasteiger partial charge in [0.2, 0.25) is 5.88 Å². The molecule has 0 aliphatic heterocycles. The molecule has 0 aliphatic carbocycles. The van der Waals surface area contributed by atoms with Crippen molar-refractivity contribution in [2.45, 2.75) is 45.6 Å². The predicted molar refractivity (Wildman–Crippen MR) is 127 cm³/mol. The van der Waals surface area contributed by atoms with Gasteiger partial charge >= 0.3 is 6.18 Å². The van der Waals surface area contributed by atoms with E-state index in [1.165, 1.54) is 30.5 Å². The van der Waals surface area contributed by atoms with E-state index < -0.39 is 23.7 Å². The molecule has 0 fully saturated rings. The number of pyridine rings is 1. The van der Waals surface area contributed by atoms with Crippen LogP contribution < -0.4 is 14.9 Å². The van der Waals surface area contributed by atoms with Crippen LogP contribution in [0.15, 0.2) is 70.0 Å². The smallest absolute Gasteiger partial charge is 0.421 e. The lowest BCUT2D eigenvalue weighted by molar-refractivity contribution is -0.138. The molecule has 0 aliphatic rings. The van der Waals surface area contributed by atoms with Gasteiger partial charge in [0.05, 0.1) is 6.61 Å². The molecule has 0 saturated carbocycles. The minimum absolute atomic E-state index is 0.0478. The third kappa shape index (κ3) is 5.21. The number of hydrogen-bond donors (Lipinski definition) is 1. The van der Waals surface area contributed by atoms with E-state index in [1.54, 1.807) is 31.2 Å². The summed E-state index contributed by atoms with van der Waals surface area (Å²) in [5.41, 5.74) is 0.0184. The van der Waals surface area contributed by atoms with Crippen molar-refractivity contribution in [2.75, 3.05) is 0 Å². The summed E-state index contributed by atoms with van der Waals surface area (Å²) >= 11 is 0. The summed E-state index contributed by atoms with van der Waals surface area (Å²) in [5, 5.41) is 9.81. The van der Waals surface area contributed by atoms with Crippen molar-refractivity contribution in [3.8, 4) is 17.4 Å². The first kappa shape index (κ1) is 25.2. The number of hydrogen-bond acceptors (Lipinski definition) is 6. The monoisotopic (exact) mass is 499 g/mol. The van der Waals surface area contributed by atoms with E-state index in [4.69, 9.17) is 13.9 Å². The maximum Gasteiger partial charge on any atom is 0.421 e. The molecule has 6 nitrogen and oxygen atoms in total. The van der Waals surface area contributed by atoms with E-state index in [0.717, 1.165) is 6.07 Å². The molecule has 36 heavy (non-hydrogen) atoms. The lowest BCUT2D eigenvalue weighted by Crippen LogP contribution is -2.11. The van der Waals surface area contributed by atoms with Crippen LogP contribution in [0, 0.1) is 0 Å². The topological polar surface area (TPSA) is 81.8 Å². The Kier molecular flexibility index (Phi) is 7.03. The van der Waals surface area contributed by atoms with Gasteiger partial charge in [0.15, 0.2) is 5.43 Å². The van der Waals surface area contributed by atoms with Crippen LogP contribution in [0.2, 0.25) is 0 Å². The highest BCUT2D eigenvalue weighted by Gasteiger charge is 2.35.